The SMILES string of the molecule is CCC(C)(CO)CNc1nnc(CC(C)C)s1. The molecule has 0 saturated carbocycles. The summed E-state index contributed by atoms with van der Waals surface area (Å²) in [5, 5.41) is 22.8. The van der Waals surface area contributed by atoms with Gasteiger partial charge in [-0.3, -0.25) is 0 Å². The summed E-state index contributed by atoms with van der Waals surface area (Å²) < 4.78 is 0. The smallest absolute Gasteiger partial charge is 0.205 e. The van der Waals surface area contributed by atoms with Gasteiger partial charge in [0.1, 0.15) is 5.01 Å². The van der Waals surface area contributed by atoms with Gasteiger partial charge >= 0.3 is 0 Å². The number of hydrogen-bond acceptors (Lipinski definition) is 5. The van der Waals surface area contributed by atoms with E-state index < -0.39 is 0 Å². The molecule has 0 fully saturated rings. The molecule has 0 aliphatic rings. The van der Waals surface area contributed by atoms with Crippen molar-refractivity contribution in [1.82, 2.24) is 10.2 Å². The van der Waals surface area contributed by atoms with Gasteiger partial charge in [-0.25, -0.2) is 0 Å². The van der Waals surface area contributed by atoms with Crippen molar-refractivity contribution in [3.63, 3.8) is 0 Å². The van der Waals surface area contributed by atoms with Crippen LogP contribution in [0.4, 0.5) is 5.13 Å². The molecule has 4 nitrogen and oxygen atoms in total. The molecular weight excluding hydrogens is 234 g/mol. The Hall–Kier alpha value is -0.680. The van der Waals surface area contributed by atoms with Gasteiger partial charge in [-0.05, 0) is 12.3 Å². The molecule has 0 aliphatic carbocycles. The van der Waals surface area contributed by atoms with Gasteiger partial charge in [0.15, 0.2) is 0 Å². The third-order valence-electron chi connectivity index (χ3n) is 2.95. The highest BCUT2D eigenvalue weighted by Gasteiger charge is 2.21. The Balaban J connectivity index is 2.49. The van der Waals surface area contributed by atoms with E-state index in [9.17, 15) is 5.11 Å². The molecule has 1 aromatic heterocycles. The zero-order chi connectivity index (χ0) is 12.9. The Morgan fingerprint density at radius 3 is 2.65 bits per heavy atom. The highest BCUT2D eigenvalue weighted by molar-refractivity contribution is 7.15. The van der Waals surface area contributed by atoms with E-state index in [-0.39, 0.29) is 12.0 Å². The second-order valence-corrected chi connectivity index (χ2v) is 6.34. The topological polar surface area (TPSA) is 58.0 Å². The fourth-order valence-corrected chi connectivity index (χ4v) is 2.29. The van der Waals surface area contributed by atoms with Gasteiger partial charge in [-0.1, -0.05) is 39.0 Å². The highest BCUT2D eigenvalue weighted by atomic mass is 32.1. The number of aliphatic hydroxyl groups excluding tert-OH is 1. The number of hydrogen-bond donors (Lipinski definition) is 2. The number of aromatic nitrogens is 2. The predicted molar refractivity (Wildman–Crippen MR) is 72.4 cm³/mol. The van der Waals surface area contributed by atoms with E-state index in [0.717, 1.165) is 29.5 Å². The quantitative estimate of drug-likeness (QED) is 0.788. The summed E-state index contributed by atoms with van der Waals surface area (Å²) in [5.74, 6) is 0.606. The van der Waals surface area contributed by atoms with E-state index in [0.29, 0.717) is 5.92 Å². The van der Waals surface area contributed by atoms with Crippen LogP contribution in [0.2, 0.25) is 0 Å². The minimum Gasteiger partial charge on any atom is -0.396 e. The van der Waals surface area contributed by atoms with E-state index in [4.69, 9.17) is 0 Å². The van der Waals surface area contributed by atoms with Crippen LogP contribution in [0.5, 0.6) is 0 Å². The Kier molecular flexibility index (Phi) is 5.33. The lowest BCUT2D eigenvalue weighted by Crippen LogP contribution is -2.29. The average molecular weight is 257 g/mol. The van der Waals surface area contributed by atoms with Crippen molar-refractivity contribution in [2.24, 2.45) is 11.3 Å². The van der Waals surface area contributed by atoms with Crippen molar-refractivity contribution in [1.29, 1.82) is 0 Å². The van der Waals surface area contributed by atoms with Crippen LogP contribution in [-0.4, -0.2) is 28.5 Å². The molecule has 0 aromatic carbocycles. The maximum absolute atomic E-state index is 9.31. The Labute approximate surface area is 107 Å². The van der Waals surface area contributed by atoms with Crippen LogP contribution >= 0.6 is 11.3 Å². The highest BCUT2D eigenvalue weighted by Crippen LogP contribution is 2.23. The summed E-state index contributed by atoms with van der Waals surface area (Å²) in [6.07, 6.45) is 1.92. The Morgan fingerprint density at radius 2 is 2.12 bits per heavy atom. The molecular formula is C12H23N3OS. The number of nitrogens with one attached hydrogen (secondary N) is 1. The Bertz CT molecular complexity index is 334. The van der Waals surface area contributed by atoms with Crippen LogP contribution in [0.3, 0.4) is 0 Å². The standard InChI is InChI=1S/C12H23N3OS/c1-5-12(4,8-16)7-13-11-15-14-10(17-11)6-9(2)3/h9,16H,5-8H2,1-4H3,(H,13,15). The summed E-state index contributed by atoms with van der Waals surface area (Å²) in [4.78, 5) is 0. The van der Waals surface area contributed by atoms with Crippen LogP contribution in [0.1, 0.15) is 39.1 Å². The van der Waals surface area contributed by atoms with Crippen LogP contribution in [0.15, 0.2) is 0 Å². The molecule has 1 heterocycles. The molecule has 0 saturated heterocycles. The summed E-state index contributed by atoms with van der Waals surface area (Å²) in [5.41, 5.74) is -0.0795. The number of aliphatic hydroxyl groups is 1. The van der Waals surface area contributed by atoms with Crippen molar-refractivity contribution in [2.75, 3.05) is 18.5 Å². The van der Waals surface area contributed by atoms with Gasteiger partial charge in [-0.2, -0.15) is 0 Å². The minimum absolute atomic E-state index is 0.0795. The molecule has 2 N–H and O–H groups in total. The van der Waals surface area contributed by atoms with E-state index in [1.807, 2.05) is 0 Å². The molecule has 1 aromatic rings. The number of anilines is 1. The first kappa shape index (κ1) is 14.4. The fourth-order valence-electron chi connectivity index (χ4n) is 1.34. The van der Waals surface area contributed by atoms with Gasteiger partial charge < -0.3 is 10.4 Å². The van der Waals surface area contributed by atoms with Crippen LogP contribution in [0, 0.1) is 11.3 Å². The van der Waals surface area contributed by atoms with E-state index in [1.165, 1.54) is 0 Å². The summed E-state index contributed by atoms with van der Waals surface area (Å²) in [7, 11) is 0. The zero-order valence-electron chi connectivity index (χ0n) is 11.2. The average Bonchev–Trinajstić information content (AvgIpc) is 2.73. The normalized spacial score (nSPS) is 14.9. The molecule has 0 spiro atoms. The number of nitrogens with zero attached hydrogens (tertiary/aromatic N) is 2. The van der Waals surface area contributed by atoms with Crippen molar-refractivity contribution >= 4 is 16.5 Å². The summed E-state index contributed by atoms with van der Waals surface area (Å²) in [6, 6.07) is 0. The largest absolute Gasteiger partial charge is 0.396 e. The van der Waals surface area contributed by atoms with Crippen molar-refractivity contribution in [3.05, 3.63) is 5.01 Å². The fraction of sp³-hybridized carbons (Fsp3) is 0.833. The lowest BCUT2D eigenvalue weighted by atomic mass is 9.89. The molecule has 0 radical (unpaired) electrons. The second-order valence-electron chi connectivity index (χ2n) is 5.27. The summed E-state index contributed by atoms with van der Waals surface area (Å²) >= 11 is 1.61. The third kappa shape index (κ3) is 4.60. The second kappa shape index (κ2) is 6.31. The van der Waals surface area contributed by atoms with Crippen LogP contribution in [-0.2, 0) is 6.42 Å². The first-order valence-electron chi connectivity index (χ1n) is 6.16. The first-order chi connectivity index (χ1) is 7.99. The molecule has 0 aliphatic heterocycles. The first-order valence-corrected chi connectivity index (χ1v) is 6.98. The van der Waals surface area contributed by atoms with E-state index in [1.54, 1.807) is 11.3 Å². The molecule has 1 unspecified atom stereocenters. The van der Waals surface area contributed by atoms with E-state index >= 15 is 0 Å². The molecule has 0 bridgehead atoms. The minimum atomic E-state index is -0.0795. The van der Waals surface area contributed by atoms with Crippen LogP contribution in [0.25, 0.3) is 0 Å². The zero-order valence-corrected chi connectivity index (χ0v) is 12.0. The van der Waals surface area contributed by atoms with Crippen LogP contribution < -0.4 is 5.32 Å². The van der Waals surface area contributed by atoms with Gasteiger partial charge in [0.05, 0.1) is 6.61 Å². The lowest BCUT2D eigenvalue weighted by molar-refractivity contribution is 0.149. The van der Waals surface area contributed by atoms with Crippen molar-refractivity contribution in [2.45, 2.75) is 40.5 Å². The predicted octanol–water partition coefficient (Wildman–Crippen LogP) is 2.56. The van der Waals surface area contributed by atoms with Gasteiger partial charge in [0.2, 0.25) is 5.13 Å². The number of rotatable bonds is 7. The van der Waals surface area contributed by atoms with Gasteiger partial charge in [-0.15, -0.1) is 10.2 Å². The Morgan fingerprint density at radius 1 is 1.41 bits per heavy atom. The maximum atomic E-state index is 9.31. The van der Waals surface area contributed by atoms with Crippen molar-refractivity contribution in [3.8, 4) is 0 Å². The van der Waals surface area contributed by atoms with Gasteiger partial charge in [0.25, 0.3) is 0 Å². The lowest BCUT2D eigenvalue weighted by Gasteiger charge is -2.25. The van der Waals surface area contributed by atoms with Gasteiger partial charge in [0, 0.05) is 18.4 Å². The van der Waals surface area contributed by atoms with E-state index in [2.05, 4.69) is 43.2 Å². The molecule has 17 heavy (non-hydrogen) atoms. The molecule has 1 rings (SSSR count). The third-order valence-corrected chi connectivity index (χ3v) is 3.85. The molecule has 5 heteroatoms. The summed E-state index contributed by atoms with van der Waals surface area (Å²) in [6.45, 7) is 9.42. The molecule has 98 valence electrons. The maximum Gasteiger partial charge on any atom is 0.205 e. The van der Waals surface area contributed by atoms with Crippen molar-refractivity contribution < 1.29 is 5.11 Å². The monoisotopic (exact) mass is 257 g/mol. The molecule has 0 amide bonds. The molecule has 1 atom stereocenters.